The minimum absolute atomic E-state index is 0.0241. The second kappa shape index (κ2) is 59.3. The number of carbonyl (C=O) groups excluding carboxylic acids is 5. The zero-order valence-electron chi connectivity index (χ0n) is 44.6. The zero-order valence-corrected chi connectivity index (χ0v) is 44.6. The van der Waals surface area contributed by atoms with Crippen LogP contribution < -0.4 is 37.5 Å². The van der Waals surface area contributed by atoms with Gasteiger partial charge in [-0.1, -0.05) is 131 Å². The lowest BCUT2D eigenvalue weighted by Gasteiger charge is -2.18. The van der Waals surface area contributed by atoms with E-state index in [1.165, 1.54) is 44.9 Å². The summed E-state index contributed by atoms with van der Waals surface area (Å²) in [5.74, 6) is -3.42. The molecule has 4 radical (unpaired) electrons. The van der Waals surface area contributed by atoms with E-state index >= 15 is 0 Å². The van der Waals surface area contributed by atoms with Crippen LogP contribution in [0.25, 0.3) is 0 Å². The Hall–Kier alpha value is -4.03. The van der Waals surface area contributed by atoms with Crippen LogP contribution in [-0.2, 0) is 38.4 Å². The van der Waals surface area contributed by atoms with E-state index in [2.05, 4.69) is 45.4 Å². The van der Waals surface area contributed by atoms with Gasteiger partial charge in [-0.25, -0.2) is 4.79 Å². The van der Waals surface area contributed by atoms with Crippen LogP contribution in [0.3, 0.4) is 0 Å². The maximum absolute atomic E-state index is 12.6. The Balaban J connectivity index is -0.00000106. The van der Waals surface area contributed by atoms with Crippen molar-refractivity contribution in [3.05, 3.63) is 0 Å². The summed E-state index contributed by atoms with van der Waals surface area (Å²) >= 11 is 0. The summed E-state index contributed by atoms with van der Waals surface area (Å²) in [5.41, 5.74) is 3.92. The molecule has 4 atom stereocenters. The third-order valence-corrected chi connectivity index (χ3v) is 11.1. The van der Waals surface area contributed by atoms with Crippen LogP contribution in [-0.4, -0.2) is 130 Å². The van der Waals surface area contributed by atoms with Gasteiger partial charge in [0.05, 0.1) is 17.8 Å². The summed E-state index contributed by atoms with van der Waals surface area (Å²) in [6, 6.07) is -1.85. The number of rotatable bonds is 43. The molecule has 3 unspecified atom stereocenters. The monoisotopic (exact) mass is 996 g/mol. The Bertz CT molecular complexity index is 1290. The van der Waals surface area contributed by atoms with E-state index < -0.39 is 30.0 Å². The lowest BCUT2D eigenvalue weighted by Crippen LogP contribution is -2.43. The van der Waals surface area contributed by atoms with Gasteiger partial charge in [-0.3, -0.25) is 28.8 Å². The molecule has 0 aliphatic heterocycles. The molecule has 0 aromatic carbocycles. The fourth-order valence-corrected chi connectivity index (χ4v) is 6.98. The number of carbonyl (C=O) groups is 8. The third-order valence-electron chi connectivity index (χ3n) is 11.1. The van der Waals surface area contributed by atoms with Crippen LogP contribution in [0.5, 0.6) is 0 Å². The van der Waals surface area contributed by atoms with Crippen molar-refractivity contribution in [3.8, 4) is 0 Å². The van der Waals surface area contributed by atoms with E-state index in [9.17, 15) is 38.7 Å². The molecule has 4 amide bonds. The van der Waals surface area contributed by atoms with Crippen LogP contribution in [0.1, 0.15) is 221 Å². The van der Waals surface area contributed by atoms with Gasteiger partial charge in [-0.15, -0.1) is 0 Å². The molecule has 20 heteroatoms. The van der Waals surface area contributed by atoms with Gasteiger partial charge in [-0.2, -0.15) is 0 Å². The van der Waals surface area contributed by atoms with E-state index in [0.717, 1.165) is 77.0 Å². The number of nitrogens with one attached hydrogen (secondary N) is 6. The average Bonchev–Trinajstić information content (AvgIpc) is 3.34. The average molecular weight is 996 g/mol. The summed E-state index contributed by atoms with van der Waals surface area (Å²) in [5, 5.41) is 44.3. The van der Waals surface area contributed by atoms with Gasteiger partial charge < -0.3 is 57.7 Å². The maximum Gasteiger partial charge on any atom is 0.326 e. The first-order chi connectivity index (χ1) is 33.6. The van der Waals surface area contributed by atoms with Crippen molar-refractivity contribution in [1.29, 1.82) is 0 Å². The lowest BCUT2D eigenvalue weighted by molar-refractivity contribution is -0.142. The number of carboxylic acids is 3. The topological polar surface area (TPSA) is 295 Å². The first-order valence-corrected chi connectivity index (χ1v) is 26.4. The van der Waals surface area contributed by atoms with Crippen LogP contribution in [0.15, 0.2) is 0 Å². The van der Waals surface area contributed by atoms with Gasteiger partial charge in [0.2, 0.25) is 24.1 Å². The quantitative estimate of drug-likeness (QED) is 0.0181. The molecular weight excluding hydrogens is 896 g/mol. The largest absolute Gasteiger partial charge is 0.481 e. The highest BCUT2D eigenvalue weighted by Crippen LogP contribution is 2.15. The van der Waals surface area contributed by atoms with Gasteiger partial charge in [0.25, 0.3) is 0 Å². The minimum Gasteiger partial charge on any atom is -0.481 e. The molecule has 0 heterocycles. The second-order valence-corrected chi connectivity index (χ2v) is 16.6. The number of likely N-dealkylation sites (N-methyl/N-ethyl adjacent to an activating group) is 1. The molecule has 70 heavy (non-hydrogen) atoms. The molecule has 0 aromatic heterocycles. The molecule has 0 saturated carbocycles. The highest BCUT2D eigenvalue weighted by Gasteiger charge is 2.21. The Morgan fingerprint density at radius 2 is 0.900 bits per heavy atom. The molecule has 18 nitrogen and oxygen atoms in total. The van der Waals surface area contributed by atoms with Crippen molar-refractivity contribution in [2.75, 3.05) is 27.2 Å². The zero-order chi connectivity index (χ0) is 54.2. The predicted molar refractivity (Wildman–Crippen MR) is 283 cm³/mol. The number of hydrogen-bond acceptors (Lipinski definition) is 11. The van der Waals surface area contributed by atoms with Crippen LogP contribution >= 0.6 is 0 Å². The first-order valence-electron chi connectivity index (χ1n) is 26.4. The number of amides is 4. The number of unbranched alkanes of at least 4 members (excludes halogenated alkanes) is 16. The molecule has 0 aliphatic rings. The highest BCUT2D eigenvalue weighted by molar-refractivity contribution is 6.57. The van der Waals surface area contributed by atoms with E-state index in [-0.39, 0.29) is 61.5 Å². The summed E-state index contributed by atoms with van der Waals surface area (Å²) in [7, 11) is 13.6. The van der Waals surface area contributed by atoms with Crippen molar-refractivity contribution < 1.29 is 53.7 Å². The molecule has 0 rings (SSSR count). The van der Waals surface area contributed by atoms with E-state index in [1.807, 2.05) is 34.7 Å². The molecule has 0 fully saturated rings. The lowest BCUT2D eigenvalue weighted by atomic mass is 10.0. The number of carboxylic acid groups (broad SMARTS) is 3. The molecule has 406 valence electrons. The van der Waals surface area contributed by atoms with Gasteiger partial charge in [0.15, 0.2) is 15.8 Å². The SMILES string of the molecule is CC.CC.NC=O.[B]C(=O)CC.[B]NC(CCCCNC(=O)C(CCCC[C@H](CCCCNC(=O)CCC(NC(=O)CCCCCCCCCCCCCCCCC(=O)O)C(=O)O)NC)NC)C(=O)O. The van der Waals surface area contributed by atoms with Crippen molar-refractivity contribution in [3.63, 3.8) is 0 Å². The van der Waals surface area contributed by atoms with Crippen LogP contribution in [0.2, 0.25) is 0 Å². The molecular formula is C50H99B2N7O11. The summed E-state index contributed by atoms with van der Waals surface area (Å²) in [6.45, 7) is 10.7. The fourth-order valence-electron chi connectivity index (χ4n) is 6.98. The summed E-state index contributed by atoms with van der Waals surface area (Å²) in [6.07, 6.45) is 24.4. The Morgan fingerprint density at radius 3 is 1.30 bits per heavy atom. The minimum atomic E-state index is -1.14. The number of nitrogens with two attached hydrogens (primary N) is 1. The van der Waals surface area contributed by atoms with Crippen LogP contribution in [0.4, 0.5) is 0 Å². The fraction of sp³-hybridized carbons (Fsp3) is 0.840. The molecule has 0 spiro atoms. The molecule has 0 bridgehead atoms. The van der Waals surface area contributed by atoms with Crippen molar-refractivity contribution in [1.82, 2.24) is 31.8 Å². The smallest absolute Gasteiger partial charge is 0.326 e. The van der Waals surface area contributed by atoms with E-state index in [4.69, 9.17) is 23.0 Å². The van der Waals surface area contributed by atoms with Crippen LogP contribution in [0, 0.1) is 0 Å². The Kier molecular flexibility index (Phi) is 63.4. The summed E-state index contributed by atoms with van der Waals surface area (Å²) in [4.78, 5) is 88.8. The van der Waals surface area contributed by atoms with E-state index in [0.29, 0.717) is 57.7 Å². The summed E-state index contributed by atoms with van der Waals surface area (Å²) < 4.78 is 0. The van der Waals surface area contributed by atoms with Gasteiger partial charge in [-0.05, 0) is 84.7 Å². The molecule has 0 aromatic rings. The van der Waals surface area contributed by atoms with Crippen molar-refractivity contribution >= 4 is 63.5 Å². The molecule has 0 aliphatic carbocycles. The van der Waals surface area contributed by atoms with E-state index in [1.54, 1.807) is 14.0 Å². The number of aliphatic carboxylic acids is 3. The third kappa shape index (κ3) is 56.6. The molecule has 0 saturated heterocycles. The normalized spacial score (nSPS) is 11.9. The predicted octanol–water partition coefficient (Wildman–Crippen LogP) is 6.34. The van der Waals surface area contributed by atoms with Crippen molar-refractivity contribution in [2.45, 2.75) is 245 Å². The van der Waals surface area contributed by atoms with Gasteiger partial charge in [0.1, 0.15) is 6.04 Å². The number of primary amides is 1. The second-order valence-electron chi connectivity index (χ2n) is 16.6. The molecule has 11 N–H and O–H groups in total. The van der Waals surface area contributed by atoms with Gasteiger partial charge in [0, 0.05) is 38.4 Å². The Morgan fingerprint density at radius 1 is 0.514 bits per heavy atom. The maximum atomic E-state index is 12.6. The Labute approximate surface area is 425 Å². The van der Waals surface area contributed by atoms with Crippen molar-refractivity contribution in [2.24, 2.45) is 5.73 Å². The number of hydrogen-bond donors (Lipinski definition) is 10. The highest BCUT2D eigenvalue weighted by atomic mass is 16.4. The standard InChI is InChI=1S/C42H79BN6O9.C3H5BO.2C2H6.CH3NO/c1-44-33(23-17-18-25-34(45-2)40(54)47-32-22-20-26-36(49-43)42(57)58)24-19-21-31-46-37(50)30-29-35(41(55)56)48-38(51)27-15-13-11-9-7-5-3-4-6-8-10-12-14-16-28-39(52)53;1-2-3(4)5;2*1-2;2-1-3/h33-36,44-45,49H,3-32H2,1-2H3,(H,46,50)(H,47,54)(H,48,51)(H,52,53)(H,55,56)(H,57,58);2H2,1H3;2*1-2H3;1H,(H2,2,3)/t33-,34?,35?,36?;;;;/m1..../s1. The van der Waals surface area contributed by atoms with Gasteiger partial charge >= 0.3 is 17.9 Å². The first kappa shape index (κ1) is 74.9.